The molecule has 102 valence electrons. The summed E-state index contributed by atoms with van der Waals surface area (Å²) in [6, 6.07) is 6.14. The molecule has 0 aliphatic carbocycles. The maximum atomic E-state index is 11.3. The number of rotatable bonds is 2. The number of carbonyl (C=O) groups is 1. The maximum absolute atomic E-state index is 11.3. The van der Waals surface area contributed by atoms with E-state index in [9.17, 15) is 4.79 Å². The van der Waals surface area contributed by atoms with Crippen LogP contribution in [0.4, 0.5) is 5.69 Å². The summed E-state index contributed by atoms with van der Waals surface area (Å²) in [5.41, 5.74) is 9.61. The average Bonchev–Trinajstić information content (AvgIpc) is 2.47. The predicted molar refractivity (Wildman–Crippen MR) is 74.8 cm³/mol. The van der Waals surface area contributed by atoms with E-state index >= 15 is 0 Å². The van der Waals surface area contributed by atoms with Gasteiger partial charge in [-0.05, 0) is 23.6 Å². The van der Waals surface area contributed by atoms with Crippen LogP contribution in [-0.2, 0) is 11.2 Å². The lowest BCUT2D eigenvalue weighted by Crippen LogP contribution is -2.47. The number of fused-ring (bicyclic) bond motifs is 1. The molecular formula is C14H20N4O. The van der Waals surface area contributed by atoms with Crippen molar-refractivity contribution in [2.24, 2.45) is 5.73 Å². The molecule has 0 aromatic heterocycles. The minimum Gasteiger partial charge on any atom is -0.326 e. The molecule has 2 aliphatic rings. The number of nitrogens with one attached hydrogen (secondary N) is 2. The minimum absolute atomic E-state index is 0.0509. The van der Waals surface area contributed by atoms with Gasteiger partial charge in [-0.2, -0.15) is 0 Å². The van der Waals surface area contributed by atoms with Gasteiger partial charge in [0.25, 0.3) is 0 Å². The summed E-state index contributed by atoms with van der Waals surface area (Å²) in [4.78, 5) is 13.6. The topological polar surface area (TPSA) is 70.4 Å². The third-order valence-corrected chi connectivity index (χ3v) is 3.91. The first-order chi connectivity index (χ1) is 9.24. The number of carbonyl (C=O) groups excluding carboxylic acids is 1. The highest BCUT2D eigenvalue weighted by molar-refractivity contribution is 5.93. The van der Waals surface area contributed by atoms with Crippen molar-refractivity contribution >= 4 is 11.6 Å². The molecule has 1 aromatic carbocycles. The van der Waals surface area contributed by atoms with E-state index in [0.717, 1.165) is 43.9 Å². The Morgan fingerprint density at radius 2 is 2.00 bits per heavy atom. The summed E-state index contributed by atoms with van der Waals surface area (Å²) in [7, 11) is 0. The average molecular weight is 260 g/mol. The van der Waals surface area contributed by atoms with Crippen LogP contribution in [0.2, 0.25) is 0 Å². The molecule has 0 bridgehead atoms. The molecule has 2 heterocycles. The molecule has 0 spiro atoms. The van der Waals surface area contributed by atoms with Crippen LogP contribution in [-0.4, -0.2) is 37.0 Å². The van der Waals surface area contributed by atoms with Crippen molar-refractivity contribution in [3.63, 3.8) is 0 Å². The van der Waals surface area contributed by atoms with Crippen molar-refractivity contribution < 1.29 is 4.79 Å². The Labute approximate surface area is 113 Å². The zero-order valence-electron chi connectivity index (χ0n) is 11.0. The number of piperazine rings is 1. The van der Waals surface area contributed by atoms with Crippen molar-refractivity contribution in [1.82, 2.24) is 10.2 Å². The van der Waals surface area contributed by atoms with Crippen LogP contribution in [0.25, 0.3) is 0 Å². The molecule has 5 heteroatoms. The number of hydrogen-bond acceptors (Lipinski definition) is 4. The summed E-state index contributed by atoms with van der Waals surface area (Å²) in [5.74, 6) is 0.103. The van der Waals surface area contributed by atoms with Crippen LogP contribution in [0, 0.1) is 0 Å². The van der Waals surface area contributed by atoms with Crippen molar-refractivity contribution in [3.8, 4) is 0 Å². The van der Waals surface area contributed by atoms with E-state index < -0.39 is 0 Å². The lowest BCUT2D eigenvalue weighted by atomic mass is 9.99. The number of nitrogens with two attached hydrogens (primary N) is 1. The van der Waals surface area contributed by atoms with Gasteiger partial charge in [0.05, 0.1) is 6.17 Å². The molecule has 1 fully saturated rings. The van der Waals surface area contributed by atoms with Gasteiger partial charge in [0.2, 0.25) is 5.91 Å². The van der Waals surface area contributed by atoms with E-state index in [1.807, 2.05) is 12.1 Å². The Morgan fingerprint density at radius 1 is 1.21 bits per heavy atom. The van der Waals surface area contributed by atoms with Crippen molar-refractivity contribution in [3.05, 3.63) is 29.3 Å². The Hall–Kier alpha value is -1.43. The third kappa shape index (κ3) is 2.63. The fourth-order valence-electron chi connectivity index (χ4n) is 2.76. The highest BCUT2D eigenvalue weighted by Gasteiger charge is 2.21. The van der Waals surface area contributed by atoms with Crippen LogP contribution in [0.3, 0.4) is 0 Å². The SMILES string of the molecule is NC(c1ccc2c(c1)CCC(=O)N2)N1CCNCC1. The molecule has 0 saturated carbocycles. The summed E-state index contributed by atoms with van der Waals surface area (Å²) in [6.45, 7) is 3.95. The van der Waals surface area contributed by atoms with Crippen LogP contribution >= 0.6 is 0 Å². The first-order valence-corrected chi connectivity index (χ1v) is 6.87. The van der Waals surface area contributed by atoms with Crippen molar-refractivity contribution in [2.75, 3.05) is 31.5 Å². The number of aryl methyl sites for hydroxylation is 1. The Balaban J connectivity index is 1.79. The van der Waals surface area contributed by atoms with E-state index in [1.54, 1.807) is 0 Å². The van der Waals surface area contributed by atoms with Gasteiger partial charge in [-0.1, -0.05) is 12.1 Å². The first-order valence-electron chi connectivity index (χ1n) is 6.87. The van der Waals surface area contributed by atoms with Crippen LogP contribution in [0.5, 0.6) is 0 Å². The highest BCUT2D eigenvalue weighted by atomic mass is 16.1. The van der Waals surface area contributed by atoms with Gasteiger partial charge >= 0.3 is 0 Å². The zero-order valence-corrected chi connectivity index (χ0v) is 11.0. The number of benzene rings is 1. The fraction of sp³-hybridized carbons (Fsp3) is 0.500. The second kappa shape index (κ2) is 5.28. The first kappa shape index (κ1) is 12.6. The minimum atomic E-state index is -0.0509. The number of amides is 1. The Kier molecular flexibility index (Phi) is 3.50. The lowest BCUT2D eigenvalue weighted by Gasteiger charge is -2.33. The monoisotopic (exact) mass is 260 g/mol. The van der Waals surface area contributed by atoms with E-state index in [1.165, 1.54) is 5.56 Å². The van der Waals surface area contributed by atoms with E-state index in [2.05, 4.69) is 21.6 Å². The molecule has 3 rings (SSSR count). The molecule has 1 aromatic rings. The summed E-state index contributed by atoms with van der Waals surface area (Å²) < 4.78 is 0. The highest BCUT2D eigenvalue weighted by Crippen LogP contribution is 2.26. The van der Waals surface area contributed by atoms with Gasteiger partial charge in [-0.25, -0.2) is 0 Å². The summed E-state index contributed by atoms with van der Waals surface area (Å²) >= 11 is 0. The third-order valence-electron chi connectivity index (χ3n) is 3.91. The van der Waals surface area contributed by atoms with Gasteiger partial charge < -0.3 is 16.4 Å². The van der Waals surface area contributed by atoms with Gasteiger partial charge in [0.1, 0.15) is 0 Å². The van der Waals surface area contributed by atoms with E-state index in [-0.39, 0.29) is 12.1 Å². The fourth-order valence-corrected chi connectivity index (χ4v) is 2.76. The molecule has 19 heavy (non-hydrogen) atoms. The molecule has 1 atom stereocenters. The maximum Gasteiger partial charge on any atom is 0.224 e. The van der Waals surface area contributed by atoms with E-state index in [4.69, 9.17) is 5.73 Å². The zero-order chi connectivity index (χ0) is 13.2. The summed E-state index contributed by atoms with van der Waals surface area (Å²) in [5, 5.41) is 6.23. The van der Waals surface area contributed by atoms with Crippen LogP contribution in [0.15, 0.2) is 18.2 Å². The quantitative estimate of drug-likeness (QED) is 0.721. The second-order valence-corrected chi connectivity index (χ2v) is 5.20. The van der Waals surface area contributed by atoms with Gasteiger partial charge in [0.15, 0.2) is 0 Å². The largest absolute Gasteiger partial charge is 0.326 e. The molecule has 1 saturated heterocycles. The molecule has 0 radical (unpaired) electrons. The molecule has 4 N–H and O–H groups in total. The summed E-state index contributed by atoms with van der Waals surface area (Å²) in [6.07, 6.45) is 1.33. The van der Waals surface area contributed by atoms with Gasteiger partial charge in [-0.3, -0.25) is 9.69 Å². The van der Waals surface area contributed by atoms with Crippen molar-refractivity contribution in [2.45, 2.75) is 19.0 Å². The lowest BCUT2D eigenvalue weighted by molar-refractivity contribution is -0.116. The van der Waals surface area contributed by atoms with Crippen molar-refractivity contribution in [1.29, 1.82) is 0 Å². The molecule has 5 nitrogen and oxygen atoms in total. The Morgan fingerprint density at radius 3 is 2.79 bits per heavy atom. The molecule has 1 unspecified atom stereocenters. The molecule has 2 aliphatic heterocycles. The number of hydrogen-bond donors (Lipinski definition) is 3. The molecular weight excluding hydrogens is 240 g/mol. The number of nitrogens with zero attached hydrogens (tertiary/aromatic N) is 1. The van der Waals surface area contributed by atoms with Crippen LogP contribution < -0.4 is 16.4 Å². The standard InChI is InChI=1S/C14H20N4O/c15-14(18-7-5-16-6-8-18)11-1-3-12-10(9-11)2-4-13(19)17-12/h1,3,9,14,16H,2,4-8,15H2,(H,17,19). The normalized spacial score (nSPS) is 21.6. The van der Waals surface area contributed by atoms with E-state index in [0.29, 0.717) is 6.42 Å². The van der Waals surface area contributed by atoms with Gasteiger partial charge in [0, 0.05) is 38.3 Å². The Bertz CT molecular complexity index is 482. The smallest absolute Gasteiger partial charge is 0.224 e. The van der Waals surface area contributed by atoms with Gasteiger partial charge in [-0.15, -0.1) is 0 Å². The van der Waals surface area contributed by atoms with Crippen LogP contribution in [0.1, 0.15) is 23.7 Å². The predicted octanol–water partition coefficient (Wildman–Crippen LogP) is 0.434. The number of anilines is 1. The molecule has 1 amide bonds. The second-order valence-electron chi connectivity index (χ2n) is 5.20.